The summed E-state index contributed by atoms with van der Waals surface area (Å²) in [6.45, 7) is 2.91. The summed E-state index contributed by atoms with van der Waals surface area (Å²) in [6.07, 6.45) is 5.94. The van der Waals surface area contributed by atoms with E-state index in [1.54, 1.807) is 29.2 Å². The van der Waals surface area contributed by atoms with Gasteiger partial charge in [-0.2, -0.15) is 5.10 Å². The maximum absolute atomic E-state index is 8.62. The zero-order chi connectivity index (χ0) is 13.7. The highest BCUT2D eigenvalue weighted by Gasteiger charge is 2.05. The first-order valence-electron chi connectivity index (χ1n) is 5.87. The number of oxime groups is 1. The Kier molecular flexibility index (Phi) is 3.97. The zero-order valence-electron chi connectivity index (χ0n) is 10.5. The highest BCUT2D eigenvalue weighted by atomic mass is 16.5. The Morgan fingerprint density at radius 3 is 3.16 bits per heavy atom. The van der Waals surface area contributed by atoms with Gasteiger partial charge in [0.2, 0.25) is 5.88 Å². The highest BCUT2D eigenvalue weighted by Crippen LogP contribution is 2.19. The van der Waals surface area contributed by atoms with Crippen LogP contribution in [0.15, 0.2) is 35.9 Å². The van der Waals surface area contributed by atoms with Crippen LogP contribution in [0, 0.1) is 0 Å². The first-order valence-corrected chi connectivity index (χ1v) is 5.87. The molecule has 0 radical (unpaired) electrons. The van der Waals surface area contributed by atoms with E-state index in [9.17, 15) is 0 Å². The average molecular weight is 261 g/mol. The zero-order valence-corrected chi connectivity index (χ0v) is 10.5. The van der Waals surface area contributed by atoms with E-state index in [0.29, 0.717) is 17.2 Å². The van der Waals surface area contributed by atoms with Gasteiger partial charge < -0.3 is 15.7 Å². The predicted octanol–water partition coefficient (Wildman–Crippen LogP) is 1.57. The molecule has 19 heavy (non-hydrogen) atoms. The lowest BCUT2D eigenvalue weighted by Crippen LogP contribution is -2.13. The van der Waals surface area contributed by atoms with Crippen molar-refractivity contribution in [1.29, 1.82) is 0 Å². The molecule has 0 fully saturated rings. The van der Waals surface area contributed by atoms with Crippen molar-refractivity contribution < 1.29 is 9.94 Å². The van der Waals surface area contributed by atoms with Crippen molar-refractivity contribution in [2.75, 3.05) is 0 Å². The van der Waals surface area contributed by atoms with Crippen molar-refractivity contribution in [3.8, 4) is 11.6 Å². The minimum atomic E-state index is 0.00827. The van der Waals surface area contributed by atoms with Crippen molar-refractivity contribution >= 4 is 5.84 Å². The third-order valence-electron chi connectivity index (χ3n) is 2.42. The topological polar surface area (TPSA) is 98.5 Å². The molecule has 100 valence electrons. The lowest BCUT2D eigenvalue weighted by atomic mass is 10.2. The van der Waals surface area contributed by atoms with Crippen LogP contribution in [0.2, 0.25) is 0 Å². The summed E-state index contributed by atoms with van der Waals surface area (Å²) >= 11 is 0. The minimum Gasteiger partial charge on any atom is -0.436 e. The van der Waals surface area contributed by atoms with Crippen LogP contribution in [0.3, 0.4) is 0 Å². The number of nitrogens with zero attached hydrogens (tertiary/aromatic N) is 4. The van der Waals surface area contributed by atoms with E-state index < -0.39 is 0 Å². The summed E-state index contributed by atoms with van der Waals surface area (Å²) in [5.74, 6) is 0.965. The molecule has 0 amide bonds. The Morgan fingerprint density at radius 1 is 1.58 bits per heavy atom. The molecule has 2 aromatic rings. The Morgan fingerprint density at radius 2 is 2.42 bits per heavy atom. The Balaban J connectivity index is 2.14. The van der Waals surface area contributed by atoms with Gasteiger partial charge in [0.15, 0.2) is 11.6 Å². The van der Waals surface area contributed by atoms with Gasteiger partial charge in [0.25, 0.3) is 0 Å². The number of rotatable bonds is 5. The number of hydrogen-bond donors (Lipinski definition) is 2. The van der Waals surface area contributed by atoms with E-state index in [0.717, 1.165) is 13.0 Å². The molecule has 7 nitrogen and oxygen atoms in total. The van der Waals surface area contributed by atoms with E-state index in [1.807, 2.05) is 0 Å². The van der Waals surface area contributed by atoms with Gasteiger partial charge in [-0.1, -0.05) is 12.1 Å². The number of pyridine rings is 1. The molecule has 0 aliphatic rings. The fraction of sp³-hybridized carbons (Fsp3) is 0.250. The second kappa shape index (κ2) is 5.85. The average Bonchev–Trinajstić information content (AvgIpc) is 2.86. The fourth-order valence-corrected chi connectivity index (χ4v) is 1.55. The molecule has 7 heteroatoms. The summed E-state index contributed by atoms with van der Waals surface area (Å²) < 4.78 is 7.35. The largest absolute Gasteiger partial charge is 0.436 e. The SMILES string of the molecule is CCCn1cc(Oc2cc(/C(N)=N/O)ccn2)cn1. The number of aromatic nitrogens is 3. The third kappa shape index (κ3) is 3.21. The molecular weight excluding hydrogens is 246 g/mol. The molecule has 0 spiro atoms. The van der Waals surface area contributed by atoms with Crippen LogP contribution < -0.4 is 10.5 Å². The Labute approximate surface area is 110 Å². The number of ether oxygens (including phenoxy) is 1. The molecule has 0 aliphatic carbocycles. The van der Waals surface area contributed by atoms with Gasteiger partial charge in [0.05, 0.1) is 12.4 Å². The van der Waals surface area contributed by atoms with Gasteiger partial charge in [0, 0.05) is 24.4 Å². The van der Waals surface area contributed by atoms with Crippen LogP contribution in [0.25, 0.3) is 0 Å². The van der Waals surface area contributed by atoms with Crippen molar-refractivity contribution in [2.45, 2.75) is 19.9 Å². The van der Waals surface area contributed by atoms with E-state index >= 15 is 0 Å². The first kappa shape index (κ1) is 12.9. The number of nitrogens with two attached hydrogens (primary N) is 1. The molecule has 0 unspecified atom stereocenters. The maximum Gasteiger partial charge on any atom is 0.220 e. The van der Waals surface area contributed by atoms with Gasteiger partial charge >= 0.3 is 0 Å². The van der Waals surface area contributed by atoms with Crippen LogP contribution in [-0.2, 0) is 6.54 Å². The van der Waals surface area contributed by atoms with E-state index in [1.165, 1.54) is 6.20 Å². The number of hydrogen-bond acceptors (Lipinski definition) is 5. The van der Waals surface area contributed by atoms with Crippen LogP contribution in [0.1, 0.15) is 18.9 Å². The minimum absolute atomic E-state index is 0.00827. The Bertz CT molecular complexity index is 579. The number of aryl methyl sites for hydroxylation is 1. The maximum atomic E-state index is 8.62. The van der Waals surface area contributed by atoms with Crippen LogP contribution >= 0.6 is 0 Å². The molecule has 0 atom stereocenters. The van der Waals surface area contributed by atoms with Gasteiger partial charge in [-0.15, -0.1) is 0 Å². The van der Waals surface area contributed by atoms with Gasteiger partial charge in [-0.05, 0) is 12.5 Å². The molecule has 2 rings (SSSR count). The molecule has 0 saturated heterocycles. The highest BCUT2D eigenvalue weighted by molar-refractivity contribution is 5.97. The van der Waals surface area contributed by atoms with E-state index in [2.05, 4.69) is 22.2 Å². The molecule has 3 N–H and O–H groups in total. The standard InChI is InChI=1S/C12H15N5O2/c1-2-5-17-8-10(7-15-17)19-11-6-9(3-4-14-11)12(13)16-18/h3-4,6-8,18H,2,5H2,1H3,(H2,13,16). The molecule has 0 saturated carbocycles. The second-order valence-electron chi connectivity index (χ2n) is 3.91. The van der Waals surface area contributed by atoms with Gasteiger partial charge in [-0.3, -0.25) is 4.68 Å². The number of amidine groups is 1. The van der Waals surface area contributed by atoms with E-state index in [4.69, 9.17) is 15.7 Å². The van der Waals surface area contributed by atoms with Crippen molar-refractivity contribution in [1.82, 2.24) is 14.8 Å². The molecule has 0 bridgehead atoms. The molecule has 2 aromatic heterocycles. The summed E-state index contributed by atoms with van der Waals surface area (Å²) in [7, 11) is 0. The van der Waals surface area contributed by atoms with Crippen LogP contribution in [0.4, 0.5) is 0 Å². The molecule has 0 aromatic carbocycles. The summed E-state index contributed by atoms with van der Waals surface area (Å²) in [4.78, 5) is 4.06. The molecular formula is C12H15N5O2. The summed E-state index contributed by atoms with van der Waals surface area (Å²) in [5, 5.41) is 15.7. The van der Waals surface area contributed by atoms with Gasteiger partial charge in [-0.25, -0.2) is 4.98 Å². The smallest absolute Gasteiger partial charge is 0.220 e. The summed E-state index contributed by atoms with van der Waals surface area (Å²) in [5.41, 5.74) is 6.04. The van der Waals surface area contributed by atoms with E-state index in [-0.39, 0.29) is 5.84 Å². The quantitative estimate of drug-likeness (QED) is 0.368. The lowest BCUT2D eigenvalue weighted by molar-refractivity contribution is 0.318. The van der Waals surface area contributed by atoms with Crippen LogP contribution in [0.5, 0.6) is 11.6 Å². The first-order chi connectivity index (χ1) is 9.22. The molecule has 2 heterocycles. The fourth-order valence-electron chi connectivity index (χ4n) is 1.55. The van der Waals surface area contributed by atoms with Crippen molar-refractivity contribution in [3.05, 3.63) is 36.3 Å². The monoisotopic (exact) mass is 261 g/mol. The van der Waals surface area contributed by atoms with Crippen molar-refractivity contribution in [3.63, 3.8) is 0 Å². The Hall–Kier alpha value is -2.57. The second-order valence-corrected chi connectivity index (χ2v) is 3.91. The van der Waals surface area contributed by atoms with Gasteiger partial charge in [0.1, 0.15) is 0 Å². The predicted molar refractivity (Wildman–Crippen MR) is 69.3 cm³/mol. The molecule has 0 aliphatic heterocycles. The third-order valence-corrected chi connectivity index (χ3v) is 2.42. The van der Waals surface area contributed by atoms with Crippen molar-refractivity contribution in [2.24, 2.45) is 10.9 Å². The summed E-state index contributed by atoms with van der Waals surface area (Å²) in [6, 6.07) is 3.22. The van der Waals surface area contributed by atoms with Crippen LogP contribution in [-0.4, -0.2) is 25.8 Å². The lowest BCUT2D eigenvalue weighted by Gasteiger charge is -2.03. The normalized spacial score (nSPS) is 11.5.